The molecule has 2 heteroatoms. The number of hydrogen-bond donors (Lipinski definition) is 1. The van der Waals surface area contributed by atoms with E-state index in [0.717, 1.165) is 0 Å². The third kappa shape index (κ3) is 3.32. The predicted octanol–water partition coefficient (Wildman–Crippen LogP) is 3.23. The van der Waals surface area contributed by atoms with Gasteiger partial charge in [0, 0.05) is 6.42 Å². The van der Waals surface area contributed by atoms with Gasteiger partial charge in [-0.1, -0.05) is 49.6 Å². The Morgan fingerprint density at radius 1 is 1.18 bits per heavy atom. The molecule has 0 aliphatic heterocycles. The molecule has 1 saturated carbocycles. The fraction of sp³-hybridized carbons (Fsp3) is 0.533. The summed E-state index contributed by atoms with van der Waals surface area (Å²) in [5.74, 6) is 0.789. The molecule has 92 valence electrons. The van der Waals surface area contributed by atoms with Gasteiger partial charge in [0.1, 0.15) is 0 Å². The van der Waals surface area contributed by atoms with E-state index in [0.29, 0.717) is 18.3 Å². The quantitative estimate of drug-likeness (QED) is 0.849. The lowest BCUT2D eigenvalue weighted by molar-refractivity contribution is -0.118. The highest BCUT2D eigenvalue weighted by atomic mass is 16.1. The summed E-state index contributed by atoms with van der Waals surface area (Å²) in [5.41, 5.74) is 6.67. The zero-order chi connectivity index (χ0) is 12.1. The lowest BCUT2D eigenvalue weighted by Gasteiger charge is -2.30. The molecule has 1 amide bonds. The Balaban J connectivity index is 2.15. The molecular weight excluding hydrogens is 210 g/mol. The maximum absolute atomic E-state index is 11.2. The van der Waals surface area contributed by atoms with Crippen LogP contribution in [0.25, 0.3) is 0 Å². The van der Waals surface area contributed by atoms with E-state index < -0.39 is 0 Å². The molecule has 0 radical (unpaired) electrons. The third-order valence-corrected chi connectivity index (χ3v) is 3.87. The highest BCUT2D eigenvalue weighted by molar-refractivity contribution is 5.74. The van der Waals surface area contributed by atoms with Crippen LogP contribution in [0.15, 0.2) is 30.3 Å². The molecule has 1 aromatic carbocycles. The van der Waals surface area contributed by atoms with Gasteiger partial charge in [0.15, 0.2) is 0 Å². The van der Waals surface area contributed by atoms with Gasteiger partial charge in [-0.15, -0.1) is 0 Å². The average molecular weight is 231 g/mol. The van der Waals surface area contributed by atoms with E-state index >= 15 is 0 Å². The number of benzene rings is 1. The Morgan fingerprint density at radius 3 is 2.41 bits per heavy atom. The summed E-state index contributed by atoms with van der Waals surface area (Å²) in [6.45, 7) is 0. The Hall–Kier alpha value is -1.31. The van der Waals surface area contributed by atoms with Crippen molar-refractivity contribution in [2.24, 2.45) is 11.7 Å². The number of carbonyl (C=O) groups is 1. The summed E-state index contributed by atoms with van der Waals surface area (Å²) < 4.78 is 0. The number of primary amides is 1. The first-order valence-electron chi connectivity index (χ1n) is 6.60. The summed E-state index contributed by atoms with van der Waals surface area (Å²) in [5, 5.41) is 0. The third-order valence-electron chi connectivity index (χ3n) is 3.87. The molecule has 0 spiro atoms. The van der Waals surface area contributed by atoms with Gasteiger partial charge in [-0.05, 0) is 30.2 Å². The van der Waals surface area contributed by atoms with Crippen LogP contribution in [0.2, 0.25) is 0 Å². The van der Waals surface area contributed by atoms with Crippen LogP contribution < -0.4 is 5.73 Å². The molecule has 1 unspecified atom stereocenters. The molecule has 0 saturated heterocycles. The second kappa shape index (κ2) is 5.85. The van der Waals surface area contributed by atoms with Gasteiger partial charge >= 0.3 is 0 Å². The van der Waals surface area contributed by atoms with Crippen LogP contribution in [0.3, 0.4) is 0 Å². The van der Waals surface area contributed by atoms with Crippen LogP contribution in [0.5, 0.6) is 0 Å². The monoisotopic (exact) mass is 231 g/mol. The van der Waals surface area contributed by atoms with Crippen molar-refractivity contribution in [3.05, 3.63) is 35.9 Å². The van der Waals surface area contributed by atoms with Crippen molar-refractivity contribution in [1.82, 2.24) is 0 Å². The number of carbonyl (C=O) groups excluding carboxylic acids is 1. The summed E-state index contributed by atoms with van der Waals surface area (Å²) in [6, 6.07) is 10.4. The van der Waals surface area contributed by atoms with Crippen molar-refractivity contribution in [2.75, 3.05) is 0 Å². The smallest absolute Gasteiger partial charge is 0.218 e. The summed E-state index contributed by atoms with van der Waals surface area (Å²) in [4.78, 5) is 11.2. The van der Waals surface area contributed by atoms with Crippen molar-refractivity contribution < 1.29 is 4.79 Å². The number of amides is 1. The number of nitrogens with two attached hydrogens (primary N) is 1. The minimum absolute atomic E-state index is 0.176. The molecule has 1 aliphatic rings. The number of hydrogen-bond acceptors (Lipinski definition) is 1. The lowest BCUT2D eigenvalue weighted by Crippen LogP contribution is -2.22. The van der Waals surface area contributed by atoms with Gasteiger partial charge in [0.05, 0.1) is 0 Å². The van der Waals surface area contributed by atoms with Crippen LogP contribution in [-0.4, -0.2) is 5.91 Å². The van der Waals surface area contributed by atoms with E-state index in [9.17, 15) is 4.79 Å². The van der Waals surface area contributed by atoms with Crippen molar-refractivity contribution in [3.63, 3.8) is 0 Å². The van der Waals surface area contributed by atoms with Crippen LogP contribution in [0.1, 0.15) is 50.0 Å². The Bertz CT molecular complexity index is 354. The molecule has 1 aromatic rings. The molecule has 1 aliphatic carbocycles. The highest BCUT2D eigenvalue weighted by Gasteiger charge is 2.26. The van der Waals surface area contributed by atoms with Crippen LogP contribution in [0, 0.1) is 5.92 Å². The molecule has 0 aromatic heterocycles. The second-order valence-electron chi connectivity index (χ2n) is 5.09. The fourth-order valence-electron chi connectivity index (χ4n) is 3.01. The first-order chi connectivity index (χ1) is 8.27. The first-order valence-corrected chi connectivity index (χ1v) is 6.60. The summed E-state index contributed by atoms with van der Waals surface area (Å²) >= 11 is 0. The Kier molecular flexibility index (Phi) is 4.18. The molecule has 17 heavy (non-hydrogen) atoms. The number of rotatable bonds is 4. The van der Waals surface area contributed by atoms with Crippen molar-refractivity contribution in [2.45, 2.75) is 44.4 Å². The minimum atomic E-state index is -0.176. The SMILES string of the molecule is NC(=O)CC(c1ccccc1)C1CCCCC1. The van der Waals surface area contributed by atoms with E-state index in [4.69, 9.17) is 5.73 Å². The molecule has 2 rings (SSSR count). The van der Waals surface area contributed by atoms with E-state index in [-0.39, 0.29) is 5.91 Å². The van der Waals surface area contributed by atoms with Gasteiger partial charge in [-0.25, -0.2) is 0 Å². The van der Waals surface area contributed by atoms with Crippen molar-refractivity contribution in [3.8, 4) is 0 Å². The fourth-order valence-corrected chi connectivity index (χ4v) is 3.01. The maximum Gasteiger partial charge on any atom is 0.218 e. The van der Waals surface area contributed by atoms with Gasteiger partial charge in [-0.3, -0.25) is 4.79 Å². The Labute approximate surface area is 103 Å². The summed E-state index contributed by atoms with van der Waals surface area (Å²) in [7, 11) is 0. The second-order valence-corrected chi connectivity index (χ2v) is 5.09. The minimum Gasteiger partial charge on any atom is -0.370 e. The Morgan fingerprint density at radius 2 is 1.82 bits per heavy atom. The van der Waals surface area contributed by atoms with Crippen molar-refractivity contribution >= 4 is 5.91 Å². The van der Waals surface area contributed by atoms with Gasteiger partial charge < -0.3 is 5.73 Å². The van der Waals surface area contributed by atoms with E-state index in [1.165, 1.54) is 37.7 Å². The normalized spacial score (nSPS) is 18.8. The van der Waals surface area contributed by atoms with E-state index in [1.807, 2.05) is 18.2 Å². The zero-order valence-electron chi connectivity index (χ0n) is 10.3. The molecule has 1 fully saturated rings. The molecule has 2 nitrogen and oxygen atoms in total. The molecule has 0 bridgehead atoms. The molecular formula is C15H21NO. The largest absolute Gasteiger partial charge is 0.370 e. The van der Waals surface area contributed by atoms with Gasteiger partial charge in [0.2, 0.25) is 5.91 Å². The van der Waals surface area contributed by atoms with Crippen molar-refractivity contribution in [1.29, 1.82) is 0 Å². The van der Waals surface area contributed by atoms with Crippen LogP contribution in [-0.2, 0) is 4.79 Å². The standard InChI is InChI=1S/C15H21NO/c16-15(17)11-14(12-7-3-1-4-8-12)13-9-5-2-6-10-13/h1,3-4,7-8,13-14H,2,5-6,9-11H2,(H2,16,17). The van der Waals surface area contributed by atoms with E-state index in [2.05, 4.69) is 12.1 Å². The average Bonchev–Trinajstić information content (AvgIpc) is 2.38. The first kappa shape index (κ1) is 12.2. The zero-order valence-corrected chi connectivity index (χ0v) is 10.3. The van der Waals surface area contributed by atoms with Crippen LogP contribution >= 0.6 is 0 Å². The maximum atomic E-state index is 11.2. The highest BCUT2D eigenvalue weighted by Crippen LogP contribution is 2.37. The lowest BCUT2D eigenvalue weighted by atomic mass is 9.75. The van der Waals surface area contributed by atoms with Gasteiger partial charge in [0.25, 0.3) is 0 Å². The van der Waals surface area contributed by atoms with E-state index in [1.54, 1.807) is 0 Å². The molecule has 0 heterocycles. The van der Waals surface area contributed by atoms with Gasteiger partial charge in [-0.2, -0.15) is 0 Å². The molecule has 2 N–H and O–H groups in total. The van der Waals surface area contributed by atoms with Crippen LogP contribution in [0.4, 0.5) is 0 Å². The topological polar surface area (TPSA) is 43.1 Å². The summed E-state index contributed by atoms with van der Waals surface area (Å²) in [6.07, 6.45) is 6.92. The predicted molar refractivity (Wildman–Crippen MR) is 69.6 cm³/mol. The molecule has 1 atom stereocenters.